The van der Waals surface area contributed by atoms with Crippen molar-refractivity contribution >= 4 is 22.6 Å². The minimum Gasteiger partial charge on any atom is -0.483 e. The molecule has 0 unspecified atom stereocenters. The summed E-state index contributed by atoms with van der Waals surface area (Å²) in [5, 5.41) is 7.98. The van der Waals surface area contributed by atoms with Gasteiger partial charge in [-0.3, -0.25) is 9.59 Å². The number of hydrogen-bond donors (Lipinski definition) is 2. The number of ether oxygens (including phenoxy) is 1. The lowest BCUT2D eigenvalue weighted by Gasteiger charge is -2.22. The van der Waals surface area contributed by atoms with Gasteiger partial charge in [0.25, 0.3) is 11.8 Å². The van der Waals surface area contributed by atoms with Crippen LogP contribution in [0.1, 0.15) is 69.2 Å². The van der Waals surface area contributed by atoms with Gasteiger partial charge in [-0.05, 0) is 49.6 Å². The van der Waals surface area contributed by atoms with E-state index in [9.17, 15) is 9.59 Å². The molecule has 2 N–H and O–H groups in total. The van der Waals surface area contributed by atoms with Crippen molar-refractivity contribution in [2.75, 3.05) is 6.61 Å². The molecule has 0 radical (unpaired) electrons. The van der Waals surface area contributed by atoms with Crippen molar-refractivity contribution in [2.45, 2.75) is 70.9 Å². The molecule has 1 saturated carbocycles. The molecular formula is C24H32N2O3. The highest BCUT2D eigenvalue weighted by Crippen LogP contribution is 2.27. The minimum atomic E-state index is -0.195. The zero-order valence-electron chi connectivity index (χ0n) is 17.5. The van der Waals surface area contributed by atoms with E-state index in [1.54, 1.807) is 0 Å². The lowest BCUT2D eigenvalue weighted by Crippen LogP contribution is -2.36. The predicted octanol–water partition coefficient (Wildman–Crippen LogP) is 4.59. The molecule has 1 aliphatic carbocycles. The zero-order valence-corrected chi connectivity index (χ0v) is 17.5. The second kappa shape index (κ2) is 10.3. The van der Waals surface area contributed by atoms with Gasteiger partial charge < -0.3 is 15.4 Å². The molecule has 5 heteroatoms. The van der Waals surface area contributed by atoms with E-state index < -0.39 is 0 Å². The third-order valence-corrected chi connectivity index (χ3v) is 5.34. The summed E-state index contributed by atoms with van der Waals surface area (Å²) < 4.78 is 5.79. The first kappa shape index (κ1) is 21.2. The molecule has 29 heavy (non-hydrogen) atoms. The van der Waals surface area contributed by atoms with E-state index in [-0.39, 0.29) is 30.5 Å². The largest absolute Gasteiger partial charge is 0.483 e. The lowest BCUT2D eigenvalue weighted by molar-refractivity contribution is -0.123. The van der Waals surface area contributed by atoms with Gasteiger partial charge in [-0.25, -0.2) is 0 Å². The van der Waals surface area contributed by atoms with Crippen LogP contribution in [-0.4, -0.2) is 30.5 Å². The quantitative estimate of drug-likeness (QED) is 0.751. The summed E-state index contributed by atoms with van der Waals surface area (Å²) in [5.74, 6) is 0.131. The number of benzene rings is 2. The Bertz CT molecular complexity index is 839. The van der Waals surface area contributed by atoms with Gasteiger partial charge >= 0.3 is 0 Å². The van der Waals surface area contributed by atoms with Crippen molar-refractivity contribution in [2.24, 2.45) is 0 Å². The van der Waals surface area contributed by atoms with E-state index in [4.69, 9.17) is 4.74 Å². The highest BCUT2D eigenvalue weighted by atomic mass is 16.5. The van der Waals surface area contributed by atoms with Crippen LogP contribution >= 0.6 is 0 Å². The standard InChI is InChI=1S/C24H32N2O3/c1-17(2)25-23(27)16-29-22-15-19-11-9-8-10-18(19)14-21(22)24(28)26-20-12-6-4-3-5-7-13-20/h8-11,14-15,17,20H,3-7,12-13,16H2,1-2H3,(H,25,27)(H,26,28). The van der Waals surface area contributed by atoms with Crippen LogP contribution in [0.25, 0.3) is 10.8 Å². The van der Waals surface area contributed by atoms with Gasteiger partial charge in [0.15, 0.2) is 6.61 Å². The number of fused-ring (bicyclic) bond motifs is 1. The van der Waals surface area contributed by atoms with Crippen LogP contribution in [0.3, 0.4) is 0 Å². The van der Waals surface area contributed by atoms with Gasteiger partial charge in [0.1, 0.15) is 5.75 Å². The summed E-state index contributed by atoms with van der Waals surface area (Å²) in [7, 11) is 0. The maximum Gasteiger partial charge on any atom is 0.258 e. The average molecular weight is 397 g/mol. The molecule has 0 spiro atoms. The summed E-state index contributed by atoms with van der Waals surface area (Å²) in [6.07, 6.45) is 8.12. The summed E-state index contributed by atoms with van der Waals surface area (Å²) in [4.78, 5) is 25.1. The molecule has 2 aromatic carbocycles. The van der Waals surface area contributed by atoms with E-state index >= 15 is 0 Å². The minimum absolute atomic E-state index is 0.0461. The number of carbonyl (C=O) groups is 2. The molecule has 2 amide bonds. The molecule has 1 fully saturated rings. The fourth-order valence-electron chi connectivity index (χ4n) is 3.89. The summed E-state index contributed by atoms with van der Waals surface area (Å²) >= 11 is 0. The number of hydrogen-bond acceptors (Lipinski definition) is 3. The van der Waals surface area contributed by atoms with Gasteiger partial charge in [-0.1, -0.05) is 56.4 Å². The van der Waals surface area contributed by atoms with E-state index in [0.717, 1.165) is 36.5 Å². The Hall–Kier alpha value is -2.56. The predicted molar refractivity (Wildman–Crippen MR) is 116 cm³/mol. The van der Waals surface area contributed by atoms with E-state index in [2.05, 4.69) is 10.6 Å². The first-order valence-corrected chi connectivity index (χ1v) is 10.8. The topological polar surface area (TPSA) is 67.4 Å². The Kier molecular flexibility index (Phi) is 7.50. The fraction of sp³-hybridized carbons (Fsp3) is 0.500. The first-order valence-electron chi connectivity index (χ1n) is 10.8. The Morgan fingerprint density at radius 3 is 2.28 bits per heavy atom. The van der Waals surface area contributed by atoms with Gasteiger partial charge in [0.2, 0.25) is 0 Å². The van der Waals surface area contributed by atoms with E-state index in [0.29, 0.717) is 11.3 Å². The third kappa shape index (κ3) is 6.21. The van der Waals surface area contributed by atoms with Crippen LogP contribution in [0.4, 0.5) is 0 Å². The average Bonchev–Trinajstić information content (AvgIpc) is 2.67. The van der Waals surface area contributed by atoms with Crippen LogP contribution in [-0.2, 0) is 4.79 Å². The second-order valence-electron chi connectivity index (χ2n) is 8.22. The smallest absolute Gasteiger partial charge is 0.258 e. The highest BCUT2D eigenvalue weighted by Gasteiger charge is 2.19. The summed E-state index contributed by atoms with van der Waals surface area (Å²) in [6, 6.07) is 11.8. The molecule has 3 rings (SSSR count). The van der Waals surface area contributed by atoms with Crippen LogP contribution in [0, 0.1) is 0 Å². The van der Waals surface area contributed by atoms with Crippen LogP contribution in [0.2, 0.25) is 0 Å². The van der Waals surface area contributed by atoms with Gasteiger partial charge in [0, 0.05) is 12.1 Å². The molecule has 0 aliphatic heterocycles. The number of carbonyl (C=O) groups excluding carboxylic acids is 2. The molecule has 0 bridgehead atoms. The number of rotatable bonds is 6. The Balaban J connectivity index is 1.79. The van der Waals surface area contributed by atoms with E-state index in [1.807, 2.05) is 50.2 Å². The van der Waals surface area contributed by atoms with Gasteiger partial charge in [0.05, 0.1) is 5.56 Å². The summed E-state index contributed by atoms with van der Waals surface area (Å²) in [5.41, 5.74) is 0.489. The van der Waals surface area contributed by atoms with Crippen molar-refractivity contribution in [3.05, 3.63) is 42.0 Å². The number of amides is 2. The zero-order chi connectivity index (χ0) is 20.6. The molecule has 0 aromatic heterocycles. The van der Waals surface area contributed by atoms with Crippen molar-refractivity contribution in [1.82, 2.24) is 10.6 Å². The Morgan fingerprint density at radius 2 is 1.62 bits per heavy atom. The van der Waals surface area contributed by atoms with Crippen molar-refractivity contribution in [3.8, 4) is 5.75 Å². The SMILES string of the molecule is CC(C)NC(=O)COc1cc2ccccc2cc1C(=O)NC1CCCCCCC1. The van der Waals surface area contributed by atoms with E-state index in [1.165, 1.54) is 19.3 Å². The normalized spacial score (nSPS) is 15.6. The number of nitrogens with one attached hydrogen (secondary N) is 2. The monoisotopic (exact) mass is 396 g/mol. The van der Waals surface area contributed by atoms with Crippen molar-refractivity contribution in [1.29, 1.82) is 0 Å². The van der Waals surface area contributed by atoms with Crippen LogP contribution in [0.15, 0.2) is 36.4 Å². The molecule has 1 aliphatic rings. The molecule has 156 valence electrons. The van der Waals surface area contributed by atoms with Gasteiger partial charge in [-0.15, -0.1) is 0 Å². The Morgan fingerprint density at radius 1 is 1.00 bits per heavy atom. The summed E-state index contributed by atoms with van der Waals surface area (Å²) in [6.45, 7) is 3.70. The molecule has 5 nitrogen and oxygen atoms in total. The second-order valence-corrected chi connectivity index (χ2v) is 8.22. The Labute approximate surface area is 173 Å². The lowest BCUT2D eigenvalue weighted by atomic mass is 9.96. The van der Waals surface area contributed by atoms with Gasteiger partial charge in [-0.2, -0.15) is 0 Å². The maximum absolute atomic E-state index is 13.1. The van der Waals surface area contributed by atoms with Crippen LogP contribution < -0.4 is 15.4 Å². The highest BCUT2D eigenvalue weighted by molar-refractivity contribution is 6.01. The van der Waals surface area contributed by atoms with Crippen molar-refractivity contribution in [3.63, 3.8) is 0 Å². The molecule has 0 atom stereocenters. The van der Waals surface area contributed by atoms with Crippen LogP contribution in [0.5, 0.6) is 5.75 Å². The fourth-order valence-corrected chi connectivity index (χ4v) is 3.89. The molecule has 0 saturated heterocycles. The molecule has 0 heterocycles. The van der Waals surface area contributed by atoms with Crippen molar-refractivity contribution < 1.29 is 14.3 Å². The molecular weight excluding hydrogens is 364 g/mol. The third-order valence-electron chi connectivity index (χ3n) is 5.34. The first-order chi connectivity index (χ1) is 14.0. The maximum atomic E-state index is 13.1. The molecule has 2 aromatic rings.